The standard InChI is InChI=1S/C4H9N3/c1-4(5)2-3-7-6/h2-3H,5-6H2,1H3/b4-2-,7-3-. The van der Waals surface area contributed by atoms with Crippen molar-refractivity contribution in [2.45, 2.75) is 6.92 Å². The molecular weight excluding hydrogens is 90.1 g/mol. The molecule has 0 fully saturated rings. The number of hydrogen-bond donors (Lipinski definition) is 2. The van der Waals surface area contributed by atoms with Crippen molar-refractivity contribution >= 4 is 6.21 Å². The Hall–Kier alpha value is -0.990. The van der Waals surface area contributed by atoms with Crippen molar-refractivity contribution in [2.75, 3.05) is 0 Å². The van der Waals surface area contributed by atoms with E-state index in [4.69, 9.17) is 11.6 Å². The van der Waals surface area contributed by atoms with Gasteiger partial charge in [0.05, 0.1) is 0 Å². The number of nitrogens with zero attached hydrogens (tertiary/aromatic N) is 1. The zero-order valence-electron chi connectivity index (χ0n) is 4.26. The molecule has 0 heterocycles. The van der Waals surface area contributed by atoms with Crippen molar-refractivity contribution in [1.82, 2.24) is 0 Å². The van der Waals surface area contributed by atoms with Crippen LogP contribution in [0.4, 0.5) is 0 Å². The second-order valence-electron chi connectivity index (χ2n) is 1.21. The minimum atomic E-state index is 0.703. The van der Waals surface area contributed by atoms with E-state index in [0.29, 0.717) is 5.70 Å². The van der Waals surface area contributed by atoms with E-state index in [1.54, 1.807) is 13.0 Å². The smallest absolute Gasteiger partial charge is 0.0482 e. The molecule has 3 nitrogen and oxygen atoms in total. The molecule has 0 unspecified atom stereocenters. The number of allylic oxidation sites excluding steroid dienone is 2. The highest BCUT2D eigenvalue weighted by Crippen LogP contribution is 1.71. The first-order chi connectivity index (χ1) is 3.27. The van der Waals surface area contributed by atoms with Crippen LogP contribution < -0.4 is 11.6 Å². The highest BCUT2D eigenvalue weighted by molar-refractivity contribution is 5.71. The largest absolute Gasteiger partial charge is 0.402 e. The molecule has 3 heteroatoms. The molecule has 0 aliphatic carbocycles. The lowest BCUT2D eigenvalue weighted by atomic mass is 10.5. The number of nitrogens with two attached hydrogens (primary N) is 2. The third-order valence-electron chi connectivity index (χ3n) is 0.423. The highest BCUT2D eigenvalue weighted by atomic mass is 15.1. The number of hydrogen-bond acceptors (Lipinski definition) is 3. The van der Waals surface area contributed by atoms with Crippen molar-refractivity contribution < 1.29 is 0 Å². The predicted octanol–water partition coefficient (Wildman–Crippen LogP) is -0.207. The van der Waals surface area contributed by atoms with Crippen molar-refractivity contribution in [3.63, 3.8) is 0 Å². The normalized spacial score (nSPS) is 13.0. The van der Waals surface area contributed by atoms with E-state index in [9.17, 15) is 0 Å². The summed E-state index contributed by atoms with van der Waals surface area (Å²) < 4.78 is 0. The average Bonchev–Trinajstić information content (AvgIpc) is 1.61. The molecule has 0 amide bonds. The van der Waals surface area contributed by atoms with Gasteiger partial charge in [-0.3, -0.25) is 0 Å². The molecule has 0 atom stereocenters. The highest BCUT2D eigenvalue weighted by Gasteiger charge is 1.66. The van der Waals surface area contributed by atoms with Gasteiger partial charge in [-0.15, -0.1) is 0 Å². The first kappa shape index (κ1) is 6.01. The third-order valence-corrected chi connectivity index (χ3v) is 0.423. The van der Waals surface area contributed by atoms with Gasteiger partial charge < -0.3 is 11.6 Å². The van der Waals surface area contributed by atoms with Crippen LogP contribution in [0.5, 0.6) is 0 Å². The fourth-order valence-electron chi connectivity index (χ4n) is 0.161. The second kappa shape index (κ2) is 3.21. The average molecular weight is 99.1 g/mol. The summed E-state index contributed by atoms with van der Waals surface area (Å²) in [5, 5.41) is 3.19. The topological polar surface area (TPSA) is 64.4 Å². The van der Waals surface area contributed by atoms with Crippen molar-refractivity contribution in [3.05, 3.63) is 11.8 Å². The number of rotatable bonds is 1. The number of hydrazone groups is 1. The summed E-state index contributed by atoms with van der Waals surface area (Å²) >= 11 is 0. The van der Waals surface area contributed by atoms with Crippen LogP contribution in [0, 0.1) is 0 Å². The summed E-state index contributed by atoms with van der Waals surface area (Å²) in [5.74, 6) is 4.75. The molecule has 0 aliphatic rings. The Balaban J connectivity index is 3.46. The summed E-state index contributed by atoms with van der Waals surface area (Å²) in [6.07, 6.45) is 3.06. The van der Waals surface area contributed by atoms with E-state index in [2.05, 4.69) is 5.10 Å². The Morgan fingerprint density at radius 3 is 2.43 bits per heavy atom. The third kappa shape index (κ3) is 5.01. The molecule has 0 aliphatic heterocycles. The maximum Gasteiger partial charge on any atom is 0.0482 e. The summed E-state index contributed by atoms with van der Waals surface area (Å²) in [5.41, 5.74) is 5.90. The predicted molar refractivity (Wildman–Crippen MR) is 30.6 cm³/mol. The molecule has 0 saturated carbocycles. The van der Waals surface area contributed by atoms with E-state index >= 15 is 0 Å². The first-order valence-electron chi connectivity index (χ1n) is 1.93. The summed E-state index contributed by atoms with van der Waals surface area (Å²) in [6.45, 7) is 1.77. The Labute approximate surface area is 42.7 Å². The summed E-state index contributed by atoms with van der Waals surface area (Å²) in [7, 11) is 0. The Morgan fingerprint density at radius 1 is 1.71 bits per heavy atom. The molecule has 0 aromatic heterocycles. The Kier molecular flexibility index (Phi) is 2.76. The van der Waals surface area contributed by atoms with Crippen LogP contribution in [-0.2, 0) is 0 Å². The molecule has 0 aromatic carbocycles. The molecule has 0 bridgehead atoms. The molecule has 7 heavy (non-hydrogen) atoms. The monoisotopic (exact) mass is 99.1 g/mol. The van der Waals surface area contributed by atoms with Crippen LogP contribution in [0.3, 0.4) is 0 Å². The molecule has 0 radical (unpaired) electrons. The van der Waals surface area contributed by atoms with E-state index in [-0.39, 0.29) is 0 Å². The van der Waals surface area contributed by atoms with Crippen LogP contribution >= 0.6 is 0 Å². The lowest BCUT2D eigenvalue weighted by molar-refractivity contribution is 1.26. The Bertz CT molecular complexity index is 89.1. The van der Waals surface area contributed by atoms with Gasteiger partial charge in [-0.1, -0.05) is 0 Å². The van der Waals surface area contributed by atoms with E-state index < -0.39 is 0 Å². The van der Waals surface area contributed by atoms with Crippen LogP contribution in [0.25, 0.3) is 0 Å². The molecule has 4 N–H and O–H groups in total. The van der Waals surface area contributed by atoms with E-state index in [0.717, 1.165) is 0 Å². The van der Waals surface area contributed by atoms with Gasteiger partial charge in [-0.05, 0) is 13.0 Å². The van der Waals surface area contributed by atoms with Gasteiger partial charge in [0, 0.05) is 11.9 Å². The van der Waals surface area contributed by atoms with Crippen LogP contribution in [-0.4, -0.2) is 6.21 Å². The fourth-order valence-corrected chi connectivity index (χ4v) is 0.161. The lowest BCUT2D eigenvalue weighted by Crippen LogP contribution is -1.90. The quantitative estimate of drug-likeness (QED) is 0.271. The van der Waals surface area contributed by atoms with Gasteiger partial charge in [-0.25, -0.2) is 0 Å². The van der Waals surface area contributed by atoms with Gasteiger partial charge >= 0.3 is 0 Å². The molecule has 40 valence electrons. The van der Waals surface area contributed by atoms with E-state index in [1.165, 1.54) is 6.21 Å². The van der Waals surface area contributed by atoms with Gasteiger partial charge in [0.2, 0.25) is 0 Å². The SMILES string of the molecule is C/C(N)=C/C=N\N. The fraction of sp³-hybridized carbons (Fsp3) is 0.250. The van der Waals surface area contributed by atoms with Gasteiger partial charge in [0.1, 0.15) is 0 Å². The summed E-state index contributed by atoms with van der Waals surface area (Å²) in [4.78, 5) is 0. The Morgan fingerprint density at radius 2 is 2.29 bits per heavy atom. The van der Waals surface area contributed by atoms with Gasteiger partial charge in [0.25, 0.3) is 0 Å². The lowest BCUT2D eigenvalue weighted by Gasteiger charge is -1.79. The van der Waals surface area contributed by atoms with Crippen LogP contribution in [0.2, 0.25) is 0 Å². The minimum absolute atomic E-state index is 0.703. The van der Waals surface area contributed by atoms with Crippen molar-refractivity contribution in [2.24, 2.45) is 16.7 Å². The maximum atomic E-state index is 5.19. The van der Waals surface area contributed by atoms with Crippen LogP contribution in [0.1, 0.15) is 6.92 Å². The van der Waals surface area contributed by atoms with Crippen molar-refractivity contribution in [1.29, 1.82) is 0 Å². The molecule has 0 saturated heterocycles. The molecule has 0 spiro atoms. The van der Waals surface area contributed by atoms with Crippen molar-refractivity contribution in [3.8, 4) is 0 Å². The maximum absolute atomic E-state index is 5.19. The van der Waals surface area contributed by atoms with Crippen LogP contribution in [0.15, 0.2) is 16.9 Å². The zero-order chi connectivity index (χ0) is 5.70. The van der Waals surface area contributed by atoms with E-state index in [1.807, 2.05) is 0 Å². The molecular formula is C4H9N3. The second-order valence-corrected chi connectivity index (χ2v) is 1.21. The molecule has 0 rings (SSSR count). The zero-order valence-corrected chi connectivity index (χ0v) is 4.26. The van der Waals surface area contributed by atoms with Gasteiger partial charge in [0.15, 0.2) is 0 Å². The van der Waals surface area contributed by atoms with Gasteiger partial charge in [-0.2, -0.15) is 5.10 Å². The molecule has 0 aromatic rings. The summed E-state index contributed by atoms with van der Waals surface area (Å²) in [6, 6.07) is 0. The minimum Gasteiger partial charge on any atom is -0.402 e. The first-order valence-corrected chi connectivity index (χ1v) is 1.93.